The molecule has 0 rings (SSSR count). The first-order valence-corrected chi connectivity index (χ1v) is 2.06. The number of hydrogen-bond donors (Lipinski definition) is 0. The second kappa shape index (κ2) is 5.52. The van der Waals surface area contributed by atoms with E-state index in [2.05, 4.69) is 20.8 Å². The van der Waals surface area contributed by atoms with Crippen molar-refractivity contribution in [3.05, 3.63) is 6.92 Å². The van der Waals surface area contributed by atoms with E-state index in [1.807, 2.05) is 0 Å². The fraction of sp³-hybridized carbons (Fsp3) is 0.800. The standard InChI is InChI=1S/C5H11.Cu/c1-4-5(2)3;/h5H,1,4H2,2-3H3;/q-1;+1. The molecular weight excluding hydrogens is 124 g/mol. The van der Waals surface area contributed by atoms with Crippen LogP contribution in [0.25, 0.3) is 0 Å². The largest absolute Gasteiger partial charge is 1.00 e. The van der Waals surface area contributed by atoms with Gasteiger partial charge in [-0.2, -0.15) is 6.42 Å². The normalized spacial score (nSPS) is 8.00. The van der Waals surface area contributed by atoms with Crippen LogP contribution < -0.4 is 0 Å². The van der Waals surface area contributed by atoms with Crippen LogP contribution in [-0.2, 0) is 17.1 Å². The average molecular weight is 135 g/mol. The van der Waals surface area contributed by atoms with Crippen LogP contribution in [0.3, 0.4) is 0 Å². The van der Waals surface area contributed by atoms with Crippen molar-refractivity contribution in [2.45, 2.75) is 20.3 Å². The van der Waals surface area contributed by atoms with Gasteiger partial charge in [0.1, 0.15) is 0 Å². The maximum atomic E-state index is 3.69. The van der Waals surface area contributed by atoms with Gasteiger partial charge in [-0.1, -0.05) is 19.8 Å². The Hall–Kier alpha value is 0.519. The van der Waals surface area contributed by atoms with Crippen LogP contribution in [0.15, 0.2) is 0 Å². The molecule has 0 bridgehead atoms. The van der Waals surface area contributed by atoms with Crippen LogP contribution in [0.2, 0.25) is 0 Å². The van der Waals surface area contributed by atoms with E-state index >= 15 is 0 Å². The maximum Gasteiger partial charge on any atom is 1.00 e. The Morgan fingerprint density at radius 3 is 1.67 bits per heavy atom. The zero-order valence-corrected chi connectivity index (χ0v) is 5.23. The quantitative estimate of drug-likeness (QED) is 0.380. The summed E-state index contributed by atoms with van der Waals surface area (Å²) in [7, 11) is 0. The van der Waals surface area contributed by atoms with Crippen molar-refractivity contribution >= 4 is 0 Å². The van der Waals surface area contributed by atoms with Gasteiger partial charge in [0.2, 0.25) is 0 Å². The SMILES string of the molecule is [CH2-]CC(C)C.[Cu+]. The fourth-order valence-corrected chi connectivity index (χ4v) is 0. The maximum absolute atomic E-state index is 3.69. The van der Waals surface area contributed by atoms with Crippen LogP contribution in [-0.4, -0.2) is 0 Å². The van der Waals surface area contributed by atoms with Crippen molar-refractivity contribution in [2.75, 3.05) is 0 Å². The molecule has 0 aliphatic rings. The third kappa shape index (κ3) is 8.82. The minimum Gasteiger partial charge on any atom is -0.343 e. The van der Waals surface area contributed by atoms with E-state index in [1.165, 1.54) is 0 Å². The van der Waals surface area contributed by atoms with Gasteiger partial charge in [0, 0.05) is 0 Å². The van der Waals surface area contributed by atoms with Crippen LogP contribution in [0.5, 0.6) is 0 Å². The van der Waals surface area contributed by atoms with E-state index in [9.17, 15) is 0 Å². The van der Waals surface area contributed by atoms with E-state index in [0.29, 0.717) is 0 Å². The summed E-state index contributed by atoms with van der Waals surface area (Å²) in [5.41, 5.74) is 0. The van der Waals surface area contributed by atoms with E-state index in [0.717, 1.165) is 12.3 Å². The van der Waals surface area contributed by atoms with Gasteiger partial charge in [-0.05, 0) is 0 Å². The van der Waals surface area contributed by atoms with Gasteiger partial charge in [0.05, 0.1) is 0 Å². The van der Waals surface area contributed by atoms with E-state index in [1.54, 1.807) is 0 Å². The van der Waals surface area contributed by atoms with Crippen molar-refractivity contribution in [3.8, 4) is 0 Å². The summed E-state index contributed by atoms with van der Waals surface area (Å²) in [6.07, 6.45) is 1.06. The Morgan fingerprint density at radius 2 is 1.67 bits per heavy atom. The smallest absolute Gasteiger partial charge is 0.343 e. The van der Waals surface area contributed by atoms with Gasteiger partial charge in [-0.3, -0.25) is 0 Å². The van der Waals surface area contributed by atoms with Crippen molar-refractivity contribution in [1.82, 2.24) is 0 Å². The van der Waals surface area contributed by atoms with Gasteiger partial charge in [0.25, 0.3) is 0 Å². The molecule has 0 aromatic carbocycles. The minimum atomic E-state index is 0. The van der Waals surface area contributed by atoms with Gasteiger partial charge >= 0.3 is 17.1 Å². The average Bonchev–Trinajstić information content (AvgIpc) is 1.38. The van der Waals surface area contributed by atoms with Crippen LogP contribution in [0, 0.1) is 12.8 Å². The zero-order valence-electron chi connectivity index (χ0n) is 4.29. The van der Waals surface area contributed by atoms with E-state index in [-0.39, 0.29) is 17.1 Å². The van der Waals surface area contributed by atoms with Crippen molar-refractivity contribution in [3.63, 3.8) is 0 Å². The first-order chi connectivity index (χ1) is 2.27. The summed E-state index contributed by atoms with van der Waals surface area (Å²) in [5, 5.41) is 0. The van der Waals surface area contributed by atoms with Gasteiger partial charge in [-0.25, -0.2) is 0 Å². The van der Waals surface area contributed by atoms with Crippen LogP contribution >= 0.6 is 0 Å². The Bertz CT molecular complexity index is 17.9. The number of hydrogen-bond acceptors (Lipinski definition) is 0. The minimum absolute atomic E-state index is 0. The molecule has 0 aromatic rings. The molecule has 42 valence electrons. The molecule has 0 saturated heterocycles. The molecule has 0 fully saturated rings. The Labute approximate surface area is 50.8 Å². The molecule has 0 aliphatic carbocycles. The summed E-state index contributed by atoms with van der Waals surface area (Å²) >= 11 is 0. The van der Waals surface area contributed by atoms with Gasteiger partial charge < -0.3 is 6.92 Å². The molecule has 0 atom stereocenters. The summed E-state index contributed by atoms with van der Waals surface area (Å²) in [6.45, 7) is 8.00. The molecule has 0 saturated carbocycles. The van der Waals surface area contributed by atoms with E-state index in [4.69, 9.17) is 0 Å². The molecule has 0 aromatic heterocycles. The molecular formula is C5H11Cu. The van der Waals surface area contributed by atoms with E-state index < -0.39 is 0 Å². The number of rotatable bonds is 1. The predicted octanol–water partition coefficient (Wildman–Crippen LogP) is 1.86. The van der Waals surface area contributed by atoms with Crippen molar-refractivity contribution in [1.29, 1.82) is 0 Å². The molecule has 0 N–H and O–H groups in total. The molecule has 0 nitrogen and oxygen atoms in total. The molecule has 1 heteroatoms. The van der Waals surface area contributed by atoms with Gasteiger partial charge in [-0.15, -0.1) is 0 Å². The monoisotopic (exact) mass is 134 g/mol. The fourth-order valence-electron chi connectivity index (χ4n) is 0. The molecule has 0 spiro atoms. The second-order valence-electron chi connectivity index (χ2n) is 1.68. The first-order valence-electron chi connectivity index (χ1n) is 2.06. The van der Waals surface area contributed by atoms with Crippen LogP contribution in [0.4, 0.5) is 0 Å². The zero-order chi connectivity index (χ0) is 4.28. The van der Waals surface area contributed by atoms with Gasteiger partial charge in [0.15, 0.2) is 0 Å². The summed E-state index contributed by atoms with van der Waals surface area (Å²) < 4.78 is 0. The topological polar surface area (TPSA) is 0 Å². The second-order valence-corrected chi connectivity index (χ2v) is 1.68. The summed E-state index contributed by atoms with van der Waals surface area (Å²) in [5.74, 6) is 0.773. The van der Waals surface area contributed by atoms with Crippen LogP contribution in [0.1, 0.15) is 20.3 Å². The molecule has 0 amide bonds. The predicted molar refractivity (Wildman–Crippen MR) is 24.8 cm³/mol. The molecule has 0 heterocycles. The molecule has 0 unspecified atom stereocenters. The Balaban J connectivity index is 0. The van der Waals surface area contributed by atoms with Crippen molar-refractivity contribution in [2.24, 2.45) is 5.92 Å². The summed E-state index contributed by atoms with van der Waals surface area (Å²) in [4.78, 5) is 0. The first kappa shape index (κ1) is 9.72. The molecule has 0 radical (unpaired) electrons. The molecule has 6 heavy (non-hydrogen) atoms. The Morgan fingerprint density at radius 1 is 1.50 bits per heavy atom. The third-order valence-electron chi connectivity index (χ3n) is 0.577. The summed E-state index contributed by atoms with van der Waals surface area (Å²) in [6, 6.07) is 0. The Kier molecular flexibility index (Phi) is 8.94. The van der Waals surface area contributed by atoms with Crippen molar-refractivity contribution < 1.29 is 17.1 Å². The third-order valence-corrected chi connectivity index (χ3v) is 0.577. The molecule has 0 aliphatic heterocycles.